The van der Waals surface area contributed by atoms with Gasteiger partial charge in [-0.1, -0.05) is 31.4 Å². The first-order valence-corrected chi connectivity index (χ1v) is 6.63. The average molecular weight is 222 g/mol. The summed E-state index contributed by atoms with van der Waals surface area (Å²) in [6.45, 7) is 0.147. The molecule has 0 saturated heterocycles. The third-order valence-corrected chi connectivity index (χ3v) is 4.31. The molecule has 1 aliphatic rings. The second-order valence-corrected chi connectivity index (χ2v) is 5.55. The zero-order valence-corrected chi connectivity index (χ0v) is 9.80. The van der Waals surface area contributed by atoms with Crippen LogP contribution in [0.15, 0.2) is 29.2 Å². The molecule has 0 aromatic heterocycles. The Bertz CT molecular complexity index is 288. The van der Waals surface area contributed by atoms with Gasteiger partial charge in [-0.05, 0) is 30.5 Å². The SMILES string of the molecule is OCc1ccc(SC2CCCCC2)cc1. The van der Waals surface area contributed by atoms with Crippen LogP contribution in [0.2, 0.25) is 0 Å². The van der Waals surface area contributed by atoms with Crippen LogP contribution < -0.4 is 0 Å². The van der Waals surface area contributed by atoms with Crippen molar-refractivity contribution in [3.8, 4) is 0 Å². The lowest BCUT2D eigenvalue weighted by Crippen LogP contribution is -2.07. The molecule has 1 nitrogen and oxygen atoms in total. The summed E-state index contributed by atoms with van der Waals surface area (Å²) in [6, 6.07) is 8.30. The molecule has 0 unspecified atom stereocenters. The maximum Gasteiger partial charge on any atom is 0.0681 e. The minimum absolute atomic E-state index is 0.147. The van der Waals surface area contributed by atoms with Crippen LogP contribution in [-0.4, -0.2) is 10.4 Å². The van der Waals surface area contributed by atoms with E-state index in [0.29, 0.717) is 0 Å². The van der Waals surface area contributed by atoms with Crippen molar-refractivity contribution in [3.05, 3.63) is 29.8 Å². The van der Waals surface area contributed by atoms with Gasteiger partial charge in [-0.2, -0.15) is 0 Å². The van der Waals surface area contributed by atoms with E-state index < -0.39 is 0 Å². The molecular formula is C13H18OS. The summed E-state index contributed by atoms with van der Waals surface area (Å²) >= 11 is 2.00. The highest BCUT2D eigenvalue weighted by Crippen LogP contribution is 2.33. The Morgan fingerprint density at radius 3 is 2.33 bits per heavy atom. The highest BCUT2D eigenvalue weighted by molar-refractivity contribution is 8.00. The zero-order chi connectivity index (χ0) is 10.5. The van der Waals surface area contributed by atoms with Crippen LogP contribution in [0, 0.1) is 0 Å². The third-order valence-electron chi connectivity index (χ3n) is 2.96. The monoisotopic (exact) mass is 222 g/mol. The van der Waals surface area contributed by atoms with Gasteiger partial charge in [-0.25, -0.2) is 0 Å². The van der Waals surface area contributed by atoms with Crippen LogP contribution in [0.5, 0.6) is 0 Å². The summed E-state index contributed by atoms with van der Waals surface area (Å²) in [5.41, 5.74) is 1.00. The molecule has 0 bridgehead atoms. The van der Waals surface area contributed by atoms with Gasteiger partial charge in [0.15, 0.2) is 0 Å². The topological polar surface area (TPSA) is 20.2 Å². The van der Waals surface area contributed by atoms with Crippen molar-refractivity contribution in [2.75, 3.05) is 0 Å². The van der Waals surface area contributed by atoms with Gasteiger partial charge < -0.3 is 5.11 Å². The van der Waals surface area contributed by atoms with Crippen molar-refractivity contribution in [1.82, 2.24) is 0 Å². The lowest BCUT2D eigenvalue weighted by atomic mass is 10.0. The predicted molar refractivity (Wildman–Crippen MR) is 65.1 cm³/mol. The molecule has 0 radical (unpaired) electrons. The van der Waals surface area contributed by atoms with Gasteiger partial charge in [0, 0.05) is 10.1 Å². The first kappa shape index (κ1) is 11.0. The Morgan fingerprint density at radius 2 is 1.73 bits per heavy atom. The van der Waals surface area contributed by atoms with E-state index in [4.69, 9.17) is 5.11 Å². The molecule has 0 aliphatic heterocycles. The van der Waals surface area contributed by atoms with Crippen LogP contribution in [0.1, 0.15) is 37.7 Å². The standard InChI is InChI=1S/C13H18OS/c14-10-11-6-8-13(9-7-11)15-12-4-2-1-3-5-12/h6-9,12,14H,1-5,10H2. The molecular weight excluding hydrogens is 204 g/mol. The molecule has 1 aliphatic carbocycles. The Morgan fingerprint density at radius 1 is 1.07 bits per heavy atom. The number of hydrogen-bond acceptors (Lipinski definition) is 2. The van der Waals surface area contributed by atoms with Gasteiger partial charge >= 0.3 is 0 Å². The fourth-order valence-electron chi connectivity index (χ4n) is 2.05. The van der Waals surface area contributed by atoms with Crippen LogP contribution in [0.25, 0.3) is 0 Å². The highest BCUT2D eigenvalue weighted by Gasteiger charge is 2.14. The molecule has 1 fully saturated rings. The fraction of sp³-hybridized carbons (Fsp3) is 0.538. The number of benzene rings is 1. The average Bonchev–Trinajstić information content (AvgIpc) is 2.31. The van der Waals surface area contributed by atoms with Crippen LogP contribution in [-0.2, 0) is 6.61 Å². The normalized spacial score (nSPS) is 17.9. The second kappa shape index (κ2) is 5.57. The van der Waals surface area contributed by atoms with Gasteiger partial charge in [0.05, 0.1) is 6.61 Å². The van der Waals surface area contributed by atoms with Gasteiger partial charge in [0.25, 0.3) is 0 Å². The Labute approximate surface area is 95.9 Å². The van der Waals surface area contributed by atoms with E-state index in [2.05, 4.69) is 12.1 Å². The minimum Gasteiger partial charge on any atom is -0.392 e. The van der Waals surface area contributed by atoms with Gasteiger partial charge in [-0.15, -0.1) is 11.8 Å². The molecule has 1 aromatic carbocycles. The quantitative estimate of drug-likeness (QED) is 0.843. The molecule has 82 valence electrons. The van der Waals surface area contributed by atoms with Crippen LogP contribution in [0.4, 0.5) is 0 Å². The fourth-order valence-corrected chi connectivity index (χ4v) is 3.30. The molecule has 15 heavy (non-hydrogen) atoms. The minimum atomic E-state index is 0.147. The Balaban J connectivity index is 1.91. The van der Waals surface area contributed by atoms with Crippen molar-refractivity contribution >= 4 is 11.8 Å². The summed E-state index contributed by atoms with van der Waals surface area (Å²) in [5.74, 6) is 0. The van der Waals surface area contributed by atoms with Crippen LogP contribution >= 0.6 is 11.8 Å². The third kappa shape index (κ3) is 3.25. The van der Waals surface area contributed by atoms with Crippen LogP contribution in [0.3, 0.4) is 0 Å². The van der Waals surface area contributed by atoms with Crippen molar-refractivity contribution in [3.63, 3.8) is 0 Å². The van der Waals surface area contributed by atoms with Crippen molar-refractivity contribution in [2.45, 2.75) is 48.9 Å². The van der Waals surface area contributed by atoms with Gasteiger partial charge in [0.1, 0.15) is 0 Å². The van der Waals surface area contributed by atoms with E-state index in [1.54, 1.807) is 0 Å². The second-order valence-electron chi connectivity index (χ2n) is 4.18. The Hall–Kier alpha value is -0.470. The molecule has 2 rings (SSSR count). The Kier molecular flexibility index (Phi) is 4.09. The molecule has 1 aromatic rings. The van der Waals surface area contributed by atoms with E-state index in [0.717, 1.165) is 10.8 Å². The van der Waals surface area contributed by atoms with E-state index in [9.17, 15) is 0 Å². The van der Waals surface area contributed by atoms with Gasteiger partial charge in [0.2, 0.25) is 0 Å². The molecule has 1 saturated carbocycles. The maximum atomic E-state index is 8.94. The van der Waals surface area contributed by atoms with E-state index in [1.807, 2.05) is 23.9 Å². The number of aliphatic hydroxyl groups excluding tert-OH is 1. The number of hydrogen-bond donors (Lipinski definition) is 1. The molecule has 0 heterocycles. The van der Waals surface area contributed by atoms with E-state index in [1.165, 1.54) is 37.0 Å². The summed E-state index contributed by atoms with van der Waals surface area (Å²) in [7, 11) is 0. The number of thioether (sulfide) groups is 1. The summed E-state index contributed by atoms with van der Waals surface area (Å²) in [5, 5.41) is 9.76. The lowest BCUT2D eigenvalue weighted by molar-refractivity contribution is 0.282. The number of aliphatic hydroxyl groups is 1. The molecule has 0 amide bonds. The predicted octanol–water partition coefficient (Wildman–Crippen LogP) is 3.60. The van der Waals surface area contributed by atoms with Crippen molar-refractivity contribution in [2.24, 2.45) is 0 Å². The molecule has 2 heteroatoms. The van der Waals surface area contributed by atoms with E-state index >= 15 is 0 Å². The summed E-state index contributed by atoms with van der Waals surface area (Å²) in [4.78, 5) is 1.35. The first-order valence-electron chi connectivity index (χ1n) is 5.75. The van der Waals surface area contributed by atoms with Gasteiger partial charge in [-0.3, -0.25) is 0 Å². The lowest BCUT2D eigenvalue weighted by Gasteiger charge is -2.20. The van der Waals surface area contributed by atoms with Crippen molar-refractivity contribution in [1.29, 1.82) is 0 Å². The molecule has 0 atom stereocenters. The summed E-state index contributed by atoms with van der Waals surface area (Å²) in [6.07, 6.45) is 6.94. The highest BCUT2D eigenvalue weighted by atomic mass is 32.2. The molecule has 1 N–H and O–H groups in total. The first-order chi connectivity index (χ1) is 7.38. The number of rotatable bonds is 3. The molecule has 0 spiro atoms. The smallest absolute Gasteiger partial charge is 0.0681 e. The largest absolute Gasteiger partial charge is 0.392 e. The van der Waals surface area contributed by atoms with E-state index in [-0.39, 0.29) is 6.61 Å². The zero-order valence-electron chi connectivity index (χ0n) is 8.98. The van der Waals surface area contributed by atoms with Crippen molar-refractivity contribution < 1.29 is 5.11 Å². The maximum absolute atomic E-state index is 8.94. The summed E-state index contributed by atoms with van der Waals surface area (Å²) < 4.78 is 0.